The second-order valence-electron chi connectivity index (χ2n) is 4.80. The summed E-state index contributed by atoms with van der Waals surface area (Å²) in [5.74, 6) is 0.0670. The minimum atomic E-state index is -0.271. The Balaban J connectivity index is 1.94. The van der Waals surface area contributed by atoms with E-state index < -0.39 is 0 Å². The van der Waals surface area contributed by atoms with Gasteiger partial charge >= 0.3 is 0 Å². The molecule has 1 heterocycles. The van der Waals surface area contributed by atoms with E-state index in [0.717, 1.165) is 19.3 Å². The van der Waals surface area contributed by atoms with Crippen LogP contribution in [-0.4, -0.2) is 28.2 Å². The van der Waals surface area contributed by atoms with E-state index in [1.807, 2.05) is 11.5 Å². The van der Waals surface area contributed by atoms with Crippen LogP contribution in [0, 0.1) is 5.92 Å². The van der Waals surface area contributed by atoms with Gasteiger partial charge in [-0.25, -0.2) is 0 Å². The molecule has 0 saturated heterocycles. The van der Waals surface area contributed by atoms with Crippen LogP contribution in [0.3, 0.4) is 0 Å². The lowest BCUT2D eigenvalue weighted by Gasteiger charge is -2.15. The van der Waals surface area contributed by atoms with Crippen LogP contribution in [0.15, 0.2) is 12.3 Å². The number of amides is 1. The third-order valence-corrected chi connectivity index (χ3v) is 3.79. The predicted octanol–water partition coefficient (Wildman–Crippen LogP) is 2.05. The summed E-state index contributed by atoms with van der Waals surface area (Å²) in [6, 6.07) is 1.67. The van der Waals surface area contributed by atoms with Crippen LogP contribution >= 0.6 is 11.6 Å². The standard InChI is InChI=1S/C13H19ClN2O2/c1-2-16-8-10(14)6-11(16)13(18)15-7-9-4-3-5-12(9)17/h6,8-9,12,17H,2-5,7H2,1H3,(H,15,18). The number of hydrogen-bond donors (Lipinski definition) is 2. The first-order valence-corrected chi connectivity index (χ1v) is 6.81. The average Bonchev–Trinajstić information content (AvgIpc) is 2.92. The highest BCUT2D eigenvalue weighted by Crippen LogP contribution is 2.24. The number of halogens is 1. The molecule has 1 amide bonds. The van der Waals surface area contributed by atoms with E-state index in [0.29, 0.717) is 23.8 Å². The molecule has 100 valence electrons. The van der Waals surface area contributed by atoms with Crippen molar-refractivity contribution in [3.05, 3.63) is 23.0 Å². The third-order valence-electron chi connectivity index (χ3n) is 3.58. The molecule has 4 nitrogen and oxygen atoms in total. The Morgan fingerprint density at radius 1 is 1.61 bits per heavy atom. The van der Waals surface area contributed by atoms with Gasteiger partial charge in [0, 0.05) is 25.2 Å². The molecule has 2 rings (SSSR count). The number of carbonyl (C=O) groups excluding carboxylic acids is 1. The molecular formula is C13H19ClN2O2. The topological polar surface area (TPSA) is 54.3 Å². The van der Waals surface area contributed by atoms with Crippen molar-refractivity contribution in [2.24, 2.45) is 5.92 Å². The van der Waals surface area contributed by atoms with Gasteiger partial charge in [0.1, 0.15) is 5.69 Å². The van der Waals surface area contributed by atoms with Gasteiger partial charge in [0.25, 0.3) is 5.91 Å². The van der Waals surface area contributed by atoms with E-state index in [-0.39, 0.29) is 17.9 Å². The Kier molecular flexibility index (Phi) is 4.30. The second-order valence-corrected chi connectivity index (χ2v) is 5.23. The first-order chi connectivity index (χ1) is 8.61. The fourth-order valence-corrected chi connectivity index (χ4v) is 2.72. The van der Waals surface area contributed by atoms with Crippen LogP contribution < -0.4 is 5.32 Å². The van der Waals surface area contributed by atoms with E-state index >= 15 is 0 Å². The molecule has 0 aliphatic heterocycles. The zero-order valence-electron chi connectivity index (χ0n) is 10.5. The van der Waals surface area contributed by atoms with Crippen LogP contribution in [0.1, 0.15) is 36.7 Å². The Labute approximate surface area is 112 Å². The van der Waals surface area contributed by atoms with Gasteiger partial charge in [0.2, 0.25) is 0 Å². The Morgan fingerprint density at radius 3 is 3.00 bits per heavy atom. The largest absolute Gasteiger partial charge is 0.393 e. The number of aryl methyl sites for hydroxylation is 1. The van der Waals surface area contributed by atoms with E-state index in [4.69, 9.17) is 11.6 Å². The normalized spacial score (nSPS) is 23.3. The van der Waals surface area contributed by atoms with Crippen molar-refractivity contribution < 1.29 is 9.90 Å². The number of aliphatic hydroxyl groups excluding tert-OH is 1. The lowest BCUT2D eigenvalue weighted by molar-refractivity contribution is 0.0908. The Hall–Kier alpha value is -1.00. The quantitative estimate of drug-likeness (QED) is 0.880. The van der Waals surface area contributed by atoms with Gasteiger partial charge in [-0.15, -0.1) is 0 Å². The van der Waals surface area contributed by atoms with Crippen molar-refractivity contribution in [1.82, 2.24) is 9.88 Å². The molecule has 2 N–H and O–H groups in total. The molecule has 1 aliphatic carbocycles. The minimum Gasteiger partial charge on any atom is -0.393 e. The van der Waals surface area contributed by atoms with Crippen molar-refractivity contribution in [2.45, 2.75) is 38.8 Å². The number of carbonyl (C=O) groups is 1. The molecule has 0 spiro atoms. The van der Waals surface area contributed by atoms with Gasteiger partial charge in [-0.3, -0.25) is 4.79 Å². The molecule has 2 atom stereocenters. The van der Waals surface area contributed by atoms with Crippen LogP contribution in [0.4, 0.5) is 0 Å². The first kappa shape index (κ1) is 13.4. The summed E-state index contributed by atoms with van der Waals surface area (Å²) < 4.78 is 1.82. The van der Waals surface area contributed by atoms with Gasteiger partial charge < -0.3 is 15.0 Å². The molecule has 18 heavy (non-hydrogen) atoms. The highest BCUT2D eigenvalue weighted by atomic mass is 35.5. The Morgan fingerprint density at radius 2 is 2.39 bits per heavy atom. The zero-order valence-corrected chi connectivity index (χ0v) is 11.3. The van der Waals surface area contributed by atoms with Crippen molar-refractivity contribution in [2.75, 3.05) is 6.54 Å². The number of nitrogens with zero attached hydrogens (tertiary/aromatic N) is 1. The maximum absolute atomic E-state index is 12.0. The van der Waals surface area contributed by atoms with E-state index in [9.17, 15) is 9.90 Å². The SMILES string of the molecule is CCn1cc(Cl)cc1C(=O)NCC1CCCC1O. The zero-order chi connectivity index (χ0) is 13.1. The highest BCUT2D eigenvalue weighted by Gasteiger charge is 2.25. The lowest BCUT2D eigenvalue weighted by Crippen LogP contribution is -2.33. The van der Waals surface area contributed by atoms with Gasteiger partial charge in [-0.05, 0) is 25.8 Å². The maximum atomic E-state index is 12.0. The van der Waals surface area contributed by atoms with Crippen LogP contribution in [0.25, 0.3) is 0 Å². The molecule has 0 bridgehead atoms. The predicted molar refractivity (Wildman–Crippen MR) is 70.8 cm³/mol. The van der Waals surface area contributed by atoms with E-state index in [1.54, 1.807) is 12.3 Å². The van der Waals surface area contributed by atoms with Gasteiger partial charge in [0.15, 0.2) is 0 Å². The maximum Gasteiger partial charge on any atom is 0.267 e. The average molecular weight is 271 g/mol. The summed E-state index contributed by atoms with van der Waals surface area (Å²) in [7, 11) is 0. The third kappa shape index (κ3) is 2.87. The number of aromatic nitrogens is 1. The summed E-state index contributed by atoms with van der Waals surface area (Å²) in [5.41, 5.74) is 0.579. The summed E-state index contributed by atoms with van der Waals surface area (Å²) >= 11 is 5.90. The molecular weight excluding hydrogens is 252 g/mol. The summed E-state index contributed by atoms with van der Waals surface area (Å²) in [6.45, 7) is 3.21. The monoisotopic (exact) mass is 270 g/mol. The number of nitrogens with one attached hydrogen (secondary N) is 1. The molecule has 5 heteroatoms. The number of aliphatic hydroxyl groups is 1. The fourth-order valence-electron chi connectivity index (χ4n) is 2.50. The summed E-state index contributed by atoms with van der Waals surface area (Å²) in [4.78, 5) is 12.0. The molecule has 0 aromatic carbocycles. The molecule has 2 unspecified atom stereocenters. The summed E-state index contributed by atoms with van der Waals surface area (Å²) in [6.07, 6.45) is 4.35. The van der Waals surface area contributed by atoms with Crippen LogP contribution in [0.2, 0.25) is 5.02 Å². The highest BCUT2D eigenvalue weighted by molar-refractivity contribution is 6.31. The van der Waals surface area contributed by atoms with Gasteiger partial charge in [-0.1, -0.05) is 18.0 Å². The Bertz CT molecular complexity index is 431. The minimum absolute atomic E-state index is 0.122. The van der Waals surface area contributed by atoms with Crippen molar-refractivity contribution in [1.29, 1.82) is 0 Å². The molecule has 1 aliphatic rings. The molecule has 1 saturated carbocycles. The van der Waals surface area contributed by atoms with Crippen molar-refractivity contribution >= 4 is 17.5 Å². The van der Waals surface area contributed by atoms with Crippen LogP contribution in [0.5, 0.6) is 0 Å². The van der Waals surface area contributed by atoms with Gasteiger partial charge in [-0.2, -0.15) is 0 Å². The smallest absolute Gasteiger partial charge is 0.267 e. The van der Waals surface area contributed by atoms with E-state index in [1.165, 1.54) is 0 Å². The first-order valence-electron chi connectivity index (χ1n) is 6.43. The van der Waals surface area contributed by atoms with Crippen LogP contribution in [-0.2, 0) is 6.54 Å². The van der Waals surface area contributed by atoms with Gasteiger partial charge in [0.05, 0.1) is 11.1 Å². The molecule has 1 aromatic heterocycles. The van der Waals surface area contributed by atoms with Crippen molar-refractivity contribution in [3.63, 3.8) is 0 Å². The number of hydrogen-bond acceptors (Lipinski definition) is 2. The fraction of sp³-hybridized carbons (Fsp3) is 0.615. The summed E-state index contributed by atoms with van der Waals surface area (Å²) in [5, 5.41) is 13.2. The van der Waals surface area contributed by atoms with E-state index in [2.05, 4.69) is 5.32 Å². The van der Waals surface area contributed by atoms with Crippen molar-refractivity contribution in [3.8, 4) is 0 Å². The second kappa shape index (κ2) is 5.76. The number of rotatable bonds is 4. The molecule has 0 radical (unpaired) electrons. The molecule has 1 fully saturated rings. The lowest BCUT2D eigenvalue weighted by atomic mass is 10.1. The molecule has 1 aromatic rings.